The van der Waals surface area contributed by atoms with Gasteiger partial charge in [0.1, 0.15) is 0 Å². The molecule has 0 N–H and O–H groups in total. The minimum atomic E-state index is 1.15. The second-order valence-corrected chi connectivity index (χ2v) is 1.42. The van der Waals surface area contributed by atoms with Crippen LogP contribution in [0.2, 0.25) is 0 Å². The van der Waals surface area contributed by atoms with E-state index in [0.717, 1.165) is 6.42 Å². The molecule has 0 bridgehead atoms. The second-order valence-electron chi connectivity index (χ2n) is 0.793. The van der Waals surface area contributed by atoms with Crippen LogP contribution in [0, 0.1) is 0 Å². The molecule has 0 amide bonds. The monoisotopic (exact) mass is 130 g/mol. The van der Waals surface area contributed by atoms with Crippen molar-refractivity contribution < 1.29 is 0 Å². The van der Waals surface area contributed by atoms with E-state index in [9.17, 15) is 0 Å². The Balaban J connectivity index is 2.62. The molecule has 0 unspecified atom stereocenters. The van der Waals surface area contributed by atoms with E-state index >= 15 is 0 Å². The Morgan fingerprint density at radius 3 is 2.40 bits per heavy atom. The van der Waals surface area contributed by atoms with Crippen molar-refractivity contribution in [2.24, 2.45) is 0 Å². The van der Waals surface area contributed by atoms with Gasteiger partial charge in [-0.2, -0.15) is 0 Å². The summed E-state index contributed by atoms with van der Waals surface area (Å²) in [6, 6.07) is 0. The van der Waals surface area contributed by atoms with Crippen molar-refractivity contribution in [1.29, 1.82) is 0 Å². The standard InChI is InChI=1S/C4H7As/c1-2-3-4-5/h3-4H,2H2,1H3/b4-3+. The van der Waals surface area contributed by atoms with E-state index in [0.29, 0.717) is 0 Å². The van der Waals surface area contributed by atoms with Crippen LogP contribution in [0.15, 0.2) is 10.9 Å². The fourth-order valence-corrected chi connectivity index (χ4v) is 0.548. The Bertz CT molecular complexity index is 30.6. The Labute approximate surface area is 41.8 Å². The maximum atomic E-state index is 2.40. The van der Waals surface area contributed by atoms with Crippen LogP contribution in [0.1, 0.15) is 13.3 Å². The quantitative estimate of drug-likeness (QED) is 0.466. The Kier molecular flexibility index (Phi) is 4.56. The SMILES string of the molecule is CC/C=C/[As]. The van der Waals surface area contributed by atoms with Crippen LogP contribution in [0.25, 0.3) is 0 Å². The summed E-state index contributed by atoms with van der Waals surface area (Å²) in [4.78, 5) is 1.99. The molecule has 2 radical (unpaired) electrons. The van der Waals surface area contributed by atoms with Crippen molar-refractivity contribution in [1.82, 2.24) is 0 Å². The molecular weight excluding hydrogens is 123 g/mol. The summed E-state index contributed by atoms with van der Waals surface area (Å²) >= 11 is 2.40. The molecule has 0 spiro atoms. The van der Waals surface area contributed by atoms with Crippen LogP contribution in [0.5, 0.6) is 0 Å². The van der Waals surface area contributed by atoms with Crippen molar-refractivity contribution >= 4 is 16.9 Å². The molecule has 0 heterocycles. The average Bonchev–Trinajstić information content (AvgIpc) is 1.41. The maximum absolute atomic E-state index is 2.40. The zero-order chi connectivity index (χ0) is 4.12. The van der Waals surface area contributed by atoms with Crippen LogP contribution >= 0.6 is 0 Å². The predicted octanol–water partition coefficient (Wildman–Crippen LogP) is 1.08. The van der Waals surface area contributed by atoms with E-state index in [1.54, 1.807) is 0 Å². The summed E-state index contributed by atoms with van der Waals surface area (Å²) in [5.41, 5.74) is 0. The molecule has 0 aliphatic carbocycles. The minimum absolute atomic E-state index is 1.15. The topological polar surface area (TPSA) is 0 Å². The number of hydrogen-bond acceptors (Lipinski definition) is 0. The van der Waals surface area contributed by atoms with Gasteiger partial charge in [-0.3, -0.25) is 0 Å². The van der Waals surface area contributed by atoms with Gasteiger partial charge in [0.2, 0.25) is 0 Å². The Morgan fingerprint density at radius 1 is 1.80 bits per heavy atom. The Hall–Kier alpha value is 0.298. The summed E-state index contributed by atoms with van der Waals surface area (Å²) < 4.78 is 0. The first-order chi connectivity index (χ1) is 2.41. The predicted molar refractivity (Wildman–Crippen MR) is 25.2 cm³/mol. The summed E-state index contributed by atoms with van der Waals surface area (Å²) in [6.45, 7) is 2.12. The molecule has 0 saturated heterocycles. The second kappa shape index (κ2) is 4.30. The van der Waals surface area contributed by atoms with Gasteiger partial charge in [0, 0.05) is 0 Å². The van der Waals surface area contributed by atoms with Crippen molar-refractivity contribution in [3.63, 3.8) is 0 Å². The van der Waals surface area contributed by atoms with Gasteiger partial charge in [-0.05, 0) is 0 Å². The van der Waals surface area contributed by atoms with E-state index in [-0.39, 0.29) is 0 Å². The molecular formula is C4H7As. The van der Waals surface area contributed by atoms with Gasteiger partial charge in [0.15, 0.2) is 0 Å². The Morgan fingerprint density at radius 2 is 2.40 bits per heavy atom. The molecule has 0 aromatic rings. The third-order valence-corrected chi connectivity index (χ3v) is 0.783. The number of allylic oxidation sites excluding steroid dienone is 1. The molecule has 0 saturated carbocycles. The van der Waals surface area contributed by atoms with Crippen molar-refractivity contribution in [2.45, 2.75) is 13.3 Å². The van der Waals surface area contributed by atoms with Gasteiger partial charge >= 0.3 is 41.1 Å². The van der Waals surface area contributed by atoms with Gasteiger partial charge in [0.25, 0.3) is 0 Å². The van der Waals surface area contributed by atoms with E-state index in [4.69, 9.17) is 0 Å². The van der Waals surface area contributed by atoms with Crippen LogP contribution in [-0.2, 0) is 0 Å². The van der Waals surface area contributed by atoms with Crippen molar-refractivity contribution in [3.05, 3.63) is 10.9 Å². The molecule has 0 aliphatic rings. The average molecular weight is 130 g/mol. The first kappa shape index (κ1) is 5.30. The molecule has 0 fully saturated rings. The number of rotatable bonds is 1. The molecule has 0 rings (SSSR count). The molecule has 1 heteroatoms. The summed E-state index contributed by atoms with van der Waals surface area (Å²) in [6.07, 6.45) is 3.24. The van der Waals surface area contributed by atoms with Gasteiger partial charge in [-0.15, -0.1) is 0 Å². The summed E-state index contributed by atoms with van der Waals surface area (Å²) in [5, 5.41) is 0. The molecule has 0 nitrogen and oxygen atoms in total. The summed E-state index contributed by atoms with van der Waals surface area (Å²) in [5.74, 6) is 0. The third kappa shape index (κ3) is 4.30. The van der Waals surface area contributed by atoms with Gasteiger partial charge in [-0.1, -0.05) is 0 Å². The molecule has 0 atom stereocenters. The zero-order valence-corrected chi connectivity index (χ0v) is 5.19. The van der Waals surface area contributed by atoms with E-state index in [1.165, 1.54) is 0 Å². The molecule has 0 aromatic carbocycles. The first-order valence-electron chi connectivity index (χ1n) is 1.71. The fraction of sp³-hybridized carbons (Fsp3) is 0.500. The first-order valence-corrected chi connectivity index (χ1v) is 2.79. The normalized spacial score (nSPS) is 10.0. The molecule has 28 valence electrons. The van der Waals surface area contributed by atoms with E-state index in [2.05, 4.69) is 29.9 Å². The van der Waals surface area contributed by atoms with Gasteiger partial charge in [-0.25, -0.2) is 0 Å². The van der Waals surface area contributed by atoms with Crippen molar-refractivity contribution in [2.75, 3.05) is 0 Å². The van der Waals surface area contributed by atoms with Crippen LogP contribution < -0.4 is 0 Å². The van der Waals surface area contributed by atoms with Crippen LogP contribution in [0.4, 0.5) is 0 Å². The van der Waals surface area contributed by atoms with Gasteiger partial charge in [0.05, 0.1) is 0 Å². The third-order valence-electron chi connectivity index (χ3n) is 0.341. The summed E-state index contributed by atoms with van der Waals surface area (Å²) in [7, 11) is 0. The van der Waals surface area contributed by atoms with E-state index < -0.39 is 0 Å². The molecule has 0 aromatic heterocycles. The zero-order valence-electron chi connectivity index (χ0n) is 3.31. The van der Waals surface area contributed by atoms with Crippen LogP contribution in [0.3, 0.4) is 0 Å². The van der Waals surface area contributed by atoms with Crippen molar-refractivity contribution in [3.8, 4) is 0 Å². The molecule has 0 aliphatic heterocycles. The van der Waals surface area contributed by atoms with Crippen LogP contribution in [-0.4, -0.2) is 16.9 Å². The fourth-order valence-electron chi connectivity index (χ4n) is 0.105. The molecule has 5 heavy (non-hydrogen) atoms. The van der Waals surface area contributed by atoms with Gasteiger partial charge < -0.3 is 0 Å². The van der Waals surface area contributed by atoms with E-state index in [1.807, 2.05) is 4.86 Å². The number of hydrogen-bond donors (Lipinski definition) is 0.